The predicted octanol–water partition coefficient (Wildman–Crippen LogP) is 4.52. The molecule has 0 saturated heterocycles. The van der Waals surface area contributed by atoms with Crippen LogP contribution >= 0.6 is 34.8 Å². The number of rotatable bonds is 5. The van der Waals surface area contributed by atoms with E-state index in [2.05, 4.69) is 10.5 Å². The largest absolute Gasteiger partial charge is 0.449 e. The van der Waals surface area contributed by atoms with Crippen molar-refractivity contribution >= 4 is 52.5 Å². The lowest BCUT2D eigenvalue weighted by Crippen LogP contribution is -2.32. The number of halogens is 3. The Morgan fingerprint density at radius 2 is 1.96 bits per heavy atom. The lowest BCUT2D eigenvalue weighted by atomic mass is 10.2. The summed E-state index contributed by atoms with van der Waals surface area (Å²) in [5.74, 6) is -0.627. The summed E-state index contributed by atoms with van der Waals surface area (Å²) in [5.41, 5.74) is -0.0886. The third-order valence-corrected chi connectivity index (χ3v) is 4.16. The summed E-state index contributed by atoms with van der Waals surface area (Å²) in [4.78, 5) is 24.5. The van der Waals surface area contributed by atoms with Crippen molar-refractivity contribution in [3.63, 3.8) is 0 Å². The van der Waals surface area contributed by atoms with Crippen LogP contribution in [0.1, 0.15) is 29.5 Å². The van der Waals surface area contributed by atoms with E-state index in [0.29, 0.717) is 5.76 Å². The van der Waals surface area contributed by atoms with Gasteiger partial charge in [0.2, 0.25) is 0 Å². The first-order chi connectivity index (χ1) is 11.3. The fourth-order valence-corrected chi connectivity index (χ4v) is 2.54. The van der Waals surface area contributed by atoms with Crippen LogP contribution in [0.2, 0.25) is 15.1 Å². The topological polar surface area (TPSA) is 81.4 Å². The van der Waals surface area contributed by atoms with E-state index in [1.165, 1.54) is 18.2 Å². The van der Waals surface area contributed by atoms with E-state index >= 15 is 0 Å². The quantitative estimate of drug-likeness (QED) is 0.599. The number of aryl methyl sites for hydroxylation is 1. The molecule has 1 amide bonds. The van der Waals surface area contributed by atoms with Crippen molar-refractivity contribution in [3.8, 4) is 0 Å². The number of nitrogens with one attached hydrogen (secondary N) is 1. The second-order valence-corrected chi connectivity index (χ2v) is 6.02. The van der Waals surface area contributed by atoms with Gasteiger partial charge in [0.25, 0.3) is 5.91 Å². The van der Waals surface area contributed by atoms with Gasteiger partial charge in [0.15, 0.2) is 11.9 Å². The Bertz CT molecular complexity index is 776. The van der Waals surface area contributed by atoms with Crippen LogP contribution in [0.25, 0.3) is 0 Å². The third kappa shape index (κ3) is 4.20. The summed E-state index contributed by atoms with van der Waals surface area (Å²) < 4.78 is 10.1. The number of carbonyl (C=O) groups is 2. The van der Waals surface area contributed by atoms with Gasteiger partial charge in [-0.2, -0.15) is 0 Å². The molecule has 0 spiro atoms. The maximum Gasteiger partial charge on any atom is 0.342 e. The fraction of sp³-hybridized carbons (Fsp3) is 0.267. The molecule has 2 rings (SSSR count). The van der Waals surface area contributed by atoms with Crippen LogP contribution in [0, 0.1) is 6.92 Å². The summed E-state index contributed by atoms with van der Waals surface area (Å²) in [6.45, 7) is 3.37. The van der Waals surface area contributed by atoms with E-state index in [9.17, 15) is 9.59 Å². The second-order valence-electron chi connectivity index (χ2n) is 4.83. The molecule has 0 saturated carbocycles. The van der Waals surface area contributed by atoms with Gasteiger partial charge in [0, 0.05) is 6.07 Å². The van der Waals surface area contributed by atoms with Gasteiger partial charge < -0.3 is 14.6 Å². The Morgan fingerprint density at radius 3 is 2.54 bits per heavy atom. The summed E-state index contributed by atoms with van der Waals surface area (Å²) in [6, 6.07) is 4.42. The van der Waals surface area contributed by atoms with Crippen LogP contribution < -0.4 is 5.32 Å². The second kappa shape index (κ2) is 7.88. The highest BCUT2D eigenvalue weighted by molar-refractivity contribution is 6.46. The van der Waals surface area contributed by atoms with Crippen molar-refractivity contribution in [1.82, 2.24) is 5.16 Å². The summed E-state index contributed by atoms with van der Waals surface area (Å²) in [7, 11) is 0. The number of anilines is 1. The molecule has 1 aromatic carbocycles. The number of amides is 1. The molecule has 6 nitrogen and oxygen atoms in total. The highest BCUT2D eigenvalue weighted by atomic mass is 35.5. The Labute approximate surface area is 153 Å². The van der Waals surface area contributed by atoms with Crippen LogP contribution in [0.4, 0.5) is 5.82 Å². The van der Waals surface area contributed by atoms with Crippen LogP contribution in [-0.4, -0.2) is 23.1 Å². The molecule has 0 bridgehead atoms. The zero-order valence-electron chi connectivity index (χ0n) is 12.7. The minimum absolute atomic E-state index is 0.0310. The van der Waals surface area contributed by atoms with Gasteiger partial charge in [-0.15, -0.1) is 0 Å². The number of esters is 1. The molecule has 1 atom stereocenters. The molecule has 0 fully saturated rings. The number of hydrogen-bond donors (Lipinski definition) is 1. The first-order valence-electron chi connectivity index (χ1n) is 6.92. The van der Waals surface area contributed by atoms with Gasteiger partial charge >= 0.3 is 5.97 Å². The van der Waals surface area contributed by atoms with Gasteiger partial charge in [-0.25, -0.2) is 4.79 Å². The highest BCUT2D eigenvalue weighted by Gasteiger charge is 2.26. The standard InChI is InChI=1S/C15H13Cl3N2O4/c1-3-10(14(21)19-11-6-7(2)24-20-11)23-15(22)12-8(16)4-5-9(17)13(12)18/h4-6,10H,3H2,1-2H3,(H,19,20,21). The van der Waals surface area contributed by atoms with E-state index < -0.39 is 18.0 Å². The molecule has 0 aliphatic rings. The molecular formula is C15H13Cl3N2O4. The zero-order valence-corrected chi connectivity index (χ0v) is 15.0. The van der Waals surface area contributed by atoms with E-state index in [1.54, 1.807) is 13.8 Å². The highest BCUT2D eigenvalue weighted by Crippen LogP contribution is 2.32. The first kappa shape index (κ1) is 18.6. The van der Waals surface area contributed by atoms with Gasteiger partial charge in [0.05, 0.1) is 20.6 Å². The van der Waals surface area contributed by atoms with Gasteiger partial charge in [-0.1, -0.05) is 46.9 Å². The lowest BCUT2D eigenvalue weighted by Gasteiger charge is -2.16. The van der Waals surface area contributed by atoms with Crippen molar-refractivity contribution in [1.29, 1.82) is 0 Å². The number of nitrogens with zero attached hydrogens (tertiary/aromatic N) is 1. The molecule has 0 aliphatic carbocycles. The SMILES string of the molecule is CCC(OC(=O)c1c(Cl)ccc(Cl)c1Cl)C(=O)Nc1cc(C)on1. The van der Waals surface area contributed by atoms with Crippen molar-refractivity contribution in [3.05, 3.63) is 44.6 Å². The van der Waals surface area contributed by atoms with Crippen LogP contribution in [0.3, 0.4) is 0 Å². The molecule has 24 heavy (non-hydrogen) atoms. The predicted molar refractivity (Wildman–Crippen MR) is 90.8 cm³/mol. The molecule has 1 heterocycles. The lowest BCUT2D eigenvalue weighted by molar-refractivity contribution is -0.124. The molecule has 1 aromatic heterocycles. The number of ether oxygens (including phenoxy) is 1. The van der Waals surface area contributed by atoms with Crippen molar-refractivity contribution in [2.45, 2.75) is 26.4 Å². The summed E-state index contributed by atoms with van der Waals surface area (Å²) in [5, 5.41) is 6.35. The van der Waals surface area contributed by atoms with E-state index in [4.69, 9.17) is 44.1 Å². The van der Waals surface area contributed by atoms with E-state index in [1.807, 2.05) is 0 Å². The molecular weight excluding hydrogens is 379 g/mol. The maximum atomic E-state index is 12.3. The maximum absolute atomic E-state index is 12.3. The summed E-state index contributed by atoms with van der Waals surface area (Å²) in [6.07, 6.45) is -0.815. The number of aromatic nitrogens is 1. The average Bonchev–Trinajstić information content (AvgIpc) is 2.93. The van der Waals surface area contributed by atoms with Crippen molar-refractivity contribution in [2.24, 2.45) is 0 Å². The zero-order chi connectivity index (χ0) is 17.9. The van der Waals surface area contributed by atoms with Crippen LogP contribution in [0.15, 0.2) is 22.7 Å². The molecule has 128 valence electrons. The van der Waals surface area contributed by atoms with E-state index in [0.717, 1.165) is 0 Å². The third-order valence-electron chi connectivity index (χ3n) is 3.04. The first-order valence-corrected chi connectivity index (χ1v) is 8.05. The number of benzene rings is 1. The van der Waals surface area contributed by atoms with Crippen molar-refractivity contribution in [2.75, 3.05) is 5.32 Å². The van der Waals surface area contributed by atoms with Gasteiger partial charge in [-0.05, 0) is 25.5 Å². The van der Waals surface area contributed by atoms with Crippen LogP contribution in [-0.2, 0) is 9.53 Å². The van der Waals surface area contributed by atoms with Crippen LogP contribution in [0.5, 0.6) is 0 Å². The average molecular weight is 392 g/mol. The fourth-order valence-electron chi connectivity index (χ4n) is 1.86. The molecule has 1 unspecified atom stereocenters. The summed E-state index contributed by atoms with van der Waals surface area (Å²) >= 11 is 17.8. The number of hydrogen-bond acceptors (Lipinski definition) is 5. The molecule has 2 aromatic rings. The Hall–Kier alpha value is -1.76. The Morgan fingerprint density at radius 1 is 1.29 bits per heavy atom. The molecule has 1 N–H and O–H groups in total. The minimum Gasteiger partial charge on any atom is -0.449 e. The number of carbonyl (C=O) groups excluding carboxylic acids is 2. The minimum atomic E-state index is -1.05. The van der Waals surface area contributed by atoms with E-state index in [-0.39, 0.29) is 32.9 Å². The normalized spacial score (nSPS) is 11.9. The molecule has 9 heteroatoms. The Balaban J connectivity index is 2.13. The van der Waals surface area contributed by atoms with Crippen molar-refractivity contribution < 1.29 is 18.8 Å². The Kier molecular flexibility index (Phi) is 6.10. The van der Waals surface area contributed by atoms with Gasteiger partial charge in [0.1, 0.15) is 5.76 Å². The molecule has 0 aliphatic heterocycles. The molecule has 0 radical (unpaired) electrons. The smallest absolute Gasteiger partial charge is 0.342 e. The monoisotopic (exact) mass is 390 g/mol. The van der Waals surface area contributed by atoms with Gasteiger partial charge in [-0.3, -0.25) is 4.79 Å².